The van der Waals surface area contributed by atoms with E-state index in [-0.39, 0.29) is 49.9 Å². The van der Waals surface area contributed by atoms with Gasteiger partial charge in [0, 0.05) is 38.1 Å². The van der Waals surface area contributed by atoms with E-state index in [9.17, 15) is 29.1 Å². The number of hydrogen-bond donors (Lipinski definition) is 8. The van der Waals surface area contributed by atoms with Gasteiger partial charge in [-0.2, -0.15) is 0 Å². The van der Waals surface area contributed by atoms with E-state index in [2.05, 4.69) is 31.6 Å². The predicted octanol–water partition coefficient (Wildman–Crippen LogP) is -1.93. The molecule has 1 aromatic rings. The first-order valence-electron chi connectivity index (χ1n) is 13.8. The second-order valence-electron chi connectivity index (χ2n) is 10.1. The minimum atomic E-state index is -1.47. The van der Waals surface area contributed by atoms with Crippen LogP contribution in [0.25, 0.3) is 0 Å². The van der Waals surface area contributed by atoms with Crippen LogP contribution in [0.4, 0.5) is 0 Å². The van der Waals surface area contributed by atoms with Crippen molar-refractivity contribution in [2.45, 2.75) is 69.7 Å². The molecule has 4 atom stereocenters. The topological polar surface area (TPSA) is 239 Å². The van der Waals surface area contributed by atoms with Crippen molar-refractivity contribution >= 4 is 35.6 Å². The van der Waals surface area contributed by atoms with Gasteiger partial charge < -0.3 is 47.9 Å². The summed E-state index contributed by atoms with van der Waals surface area (Å²) in [5.41, 5.74) is 11.6. The Morgan fingerprint density at radius 3 is 2.52 bits per heavy atom. The molecule has 0 bridgehead atoms. The number of hydrogen-bond acceptors (Lipinski definition) is 8. The van der Waals surface area contributed by atoms with Gasteiger partial charge in [-0.15, -0.1) is 0 Å². The molecule has 1 saturated heterocycles. The summed E-state index contributed by atoms with van der Waals surface area (Å²) in [4.78, 5) is 66.8. The number of guanidine groups is 1. The van der Waals surface area contributed by atoms with Gasteiger partial charge in [-0.3, -0.25) is 29.0 Å². The van der Waals surface area contributed by atoms with E-state index in [4.69, 9.17) is 16.2 Å². The van der Waals surface area contributed by atoms with Crippen molar-refractivity contribution in [3.8, 4) is 0 Å². The number of carboxylic acids is 1. The van der Waals surface area contributed by atoms with E-state index in [0.717, 1.165) is 5.56 Å². The van der Waals surface area contributed by atoms with Crippen molar-refractivity contribution in [1.29, 1.82) is 0 Å². The summed E-state index contributed by atoms with van der Waals surface area (Å²) in [6.45, 7) is 2.48. The third-order valence-corrected chi connectivity index (χ3v) is 6.31. The summed E-state index contributed by atoms with van der Waals surface area (Å²) in [7, 11) is 0. The number of carboxylic acid groups (broad SMARTS) is 1. The van der Waals surface area contributed by atoms with Gasteiger partial charge in [-0.05, 0) is 31.7 Å². The van der Waals surface area contributed by atoms with Crippen LogP contribution in [-0.4, -0.2) is 91.1 Å². The van der Waals surface area contributed by atoms with Gasteiger partial charge in [0.05, 0.1) is 13.0 Å². The summed E-state index contributed by atoms with van der Waals surface area (Å²) in [5.74, 6) is -3.81. The number of rotatable bonds is 9. The van der Waals surface area contributed by atoms with E-state index < -0.39 is 48.8 Å². The molecule has 232 valence electrons. The van der Waals surface area contributed by atoms with Crippen molar-refractivity contribution in [1.82, 2.24) is 26.6 Å². The number of nitrogens with one attached hydrogen (secondary N) is 5. The molecule has 1 aliphatic heterocycles. The van der Waals surface area contributed by atoms with E-state index in [1.165, 1.54) is 0 Å². The maximum absolute atomic E-state index is 13.1. The molecule has 15 nitrogen and oxygen atoms in total. The fourth-order valence-corrected chi connectivity index (χ4v) is 4.17. The van der Waals surface area contributed by atoms with Gasteiger partial charge in [0.15, 0.2) is 5.96 Å². The van der Waals surface area contributed by atoms with Crippen molar-refractivity contribution < 1.29 is 33.8 Å². The number of carbonyl (C=O) groups excluding carboxylic acids is 4. The summed E-state index contributed by atoms with van der Waals surface area (Å²) in [6.07, 6.45) is 0.365. The molecule has 10 N–H and O–H groups in total. The number of benzene rings is 1. The minimum absolute atomic E-state index is 0.0167. The SMILES string of the molecule is C[C@H]1CNC(CCCN=C(N)N)COCC(=O)NC(CC(=O)O)C(=O)NC(C(=O)NCc2ccccc2)CCC(=O)N1. The van der Waals surface area contributed by atoms with Crippen LogP contribution in [0, 0.1) is 0 Å². The maximum atomic E-state index is 13.1. The zero-order valence-electron chi connectivity index (χ0n) is 23.8. The Morgan fingerprint density at radius 1 is 1.10 bits per heavy atom. The van der Waals surface area contributed by atoms with Gasteiger partial charge in [0.1, 0.15) is 18.7 Å². The molecule has 1 heterocycles. The predicted molar refractivity (Wildman–Crippen MR) is 154 cm³/mol. The van der Waals surface area contributed by atoms with E-state index >= 15 is 0 Å². The van der Waals surface area contributed by atoms with Gasteiger partial charge in [0.25, 0.3) is 0 Å². The molecule has 3 unspecified atom stereocenters. The fraction of sp³-hybridized carbons (Fsp3) is 0.556. The molecule has 0 saturated carbocycles. The maximum Gasteiger partial charge on any atom is 0.305 e. The first kappa shape index (κ1) is 34.0. The number of nitrogens with two attached hydrogens (primary N) is 2. The largest absolute Gasteiger partial charge is 0.481 e. The van der Waals surface area contributed by atoms with Gasteiger partial charge in [-0.25, -0.2) is 0 Å². The summed E-state index contributed by atoms with van der Waals surface area (Å²) in [6, 6.07) is 5.98. The van der Waals surface area contributed by atoms with Crippen LogP contribution < -0.4 is 38.1 Å². The summed E-state index contributed by atoms with van der Waals surface area (Å²) in [5, 5.41) is 23.1. The Kier molecular flexibility index (Phi) is 14.8. The van der Waals surface area contributed by atoms with Crippen molar-refractivity contribution in [2.75, 3.05) is 26.3 Å². The number of amides is 4. The van der Waals surface area contributed by atoms with Crippen LogP contribution in [0.2, 0.25) is 0 Å². The number of nitrogens with zero attached hydrogens (tertiary/aromatic N) is 1. The first-order valence-corrected chi connectivity index (χ1v) is 13.8. The van der Waals surface area contributed by atoms with Gasteiger partial charge >= 0.3 is 5.97 Å². The monoisotopic (exact) mass is 590 g/mol. The number of carbonyl (C=O) groups is 5. The quantitative estimate of drug-likeness (QED) is 0.0900. The van der Waals surface area contributed by atoms with Crippen LogP contribution in [0.3, 0.4) is 0 Å². The zero-order valence-corrected chi connectivity index (χ0v) is 23.8. The van der Waals surface area contributed by atoms with E-state index in [1.54, 1.807) is 0 Å². The average molecular weight is 591 g/mol. The second kappa shape index (κ2) is 18.2. The number of aliphatic carboxylic acids is 1. The van der Waals surface area contributed by atoms with Gasteiger partial charge in [-0.1, -0.05) is 30.3 Å². The van der Waals surface area contributed by atoms with E-state index in [1.807, 2.05) is 37.3 Å². The molecule has 0 spiro atoms. The first-order chi connectivity index (χ1) is 20.0. The number of ether oxygens (including phenoxy) is 1. The van der Waals surface area contributed by atoms with Crippen molar-refractivity contribution in [2.24, 2.45) is 16.5 Å². The molecule has 1 aliphatic rings. The standard InChI is InChI=1S/C27H42N8O7/c1-17-13-31-19(8-5-11-30-27(28)29)15-42-16-23(37)34-21(12-24(38)39)26(41)35-20(9-10-22(36)33-17)25(40)32-14-18-6-3-2-4-7-18/h2-4,6-7,17,19-21,31H,5,8-16H2,1H3,(H,32,40)(H,33,36)(H,34,37)(H,35,41)(H,38,39)(H4,28,29,30)/t17-,19?,20?,21?/m0/s1. The summed E-state index contributed by atoms with van der Waals surface area (Å²) >= 11 is 0. The lowest BCUT2D eigenvalue weighted by Crippen LogP contribution is -2.54. The average Bonchev–Trinajstić information content (AvgIpc) is 2.93. The lowest BCUT2D eigenvalue weighted by molar-refractivity contribution is -0.141. The third kappa shape index (κ3) is 13.9. The Hall–Kier alpha value is -4.24. The highest BCUT2D eigenvalue weighted by molar-refractivity contribution is 5.94. The molecular weight excluding hydrogens is 548 g/mol. The zero-order chi connectivity index (χ0) is 30.9. The van der Waals surface area contributed by atoms with E-state index in [0.29, 0.717) is 25.9 Å². The fourth-order valence-electron chi connectivity index (χ4n) is 4.17. The molecule has 1 aromatic carbocycles. The Bertz CT molecular complexity index is 1080. The van der Waals surface area contributed by atoms with Crippen molar-refractivity contribution in [3.05, 3.63) is 35.9 Å². The lowest BCUT2D eigenvalue weighted by atomic mass is 10.1. The van der Waals surface area contributed by atoms with Crippen LogP contribution in [-0.2, 0) is 35.3 Å². The Balaban J connectivity index is 2.16. The molecular formula is C27H42N8O7. The molecule has 2 rings (SSSR count). The minimum Gasteiger partial charge on any atom is -0.481 e. The molecule has 0 aromatic heterocycles. The molecule has 0 radical (unpaired) electrons. The lowest BCUT2D eigenvalue weighted by Gasteiger charge is -2.22. The molecule has 15 heteroatoms. The van der Waals surface area contributed by atoms with Gasteiger partial charge in [0.2, 0.25) is 23.6 Å². The van der Waals surface area contributed by atoms with Crippen LogP contribution in [0.1, 0.15) is 44.6 Å². The van der Waals surface area contributed by atoms with Crippen molar-refractivity contribution in [3.63, 3.8) is 0 Å². The van der Waals surface area contributed by atoms with Crippen LogP contribution >= 0.6 is 0 Å². The molecule has 4 amide bonds. The highest BCUT2D eigenvalue weighted by atomic mass is 16.5. The van der Waals surface area contributed by atoms with Crippen LogP contribution in [0.15, 0.2) is 35.3 Å². The van der Waals surface area contributed by atoms with Crippen LogP contribution in [0.5, 0.6) is 0 Å². The smallest absolute Gasteiger partial charge is 0.305 e. The molecule has 42 heavy (non-hydrogen) atoms. The Labute approximate surface area is 244 Å². The highest BCUT2D eigenvalue weighted by Gasteiger charge is 2.29. The number of aliphatic imine (C=N–C) groups is 1. The highest BCUT2D eigenvalue weighted by Crippen LogP contribution is 2.05. The second-order valence-corrected chi connectivity index (χ2v) is 10.1. The molecule has 1 fully saturated rings. The normalized spacial score (nSPS) is 22.9. The summed E-state index contributed by atoms with van der Waals surface area (Å²) < 4.78 is 5.55. The Morgan fingerprint density at radius 2 is 1.83 bits per heavy atom. The third-order valence-electron chi connectivity index (χ3n) is 6.31. The molecule has 0 aliphatic carbocycles.